The van der Waals surface area contributed by atoms with E-state index in [-0.39, 0.29) is 11.5 Å². The predicted molar refractivity (Wildman–Crippen MR) is 136 cm³/mol. The van der Waals surface area contributed by atoms with E-state index in [2.05, 4.69) is 47.6 Å². The number of aromatic nitrogens is 1. The van der Waals surface area contributed by atoms with Gasteiger partial charge in [0.05, 0.1) is 12.2 Å². The van der Waals surface area contributed by atoms with Gasteiger partial charge in [-0.2, -0.15) is 0 Å². The normalized spacial score (nSPS) is 32.6. The number of rotatable bonds is 1. The van der Waals surface area contributed by atoms with Crippen molar-refractivity contribution in [2.45, 2.75) is 71.0 Å². The molecular formula is C29H38N2O3. The summed E-state index contributed by atoms with van der Waals surface area (Å²) in [5, 5.41) is 24.3. The van der Waals surface area contributed by atoms with Crippen molar-refractivity contribution in [1.82, 2.24) is 10.3 Å². The second-order valence-electron chi connectivity index (χ2n) is 10.8. The van der Waals surface area contributed by atoms with Gasteiger partial charge in [0.15, 0.2) is 11.5 Å². The highest BCUT2D eigenvalue weighted by Gasteiger charge is 2.49. The van der Waals surface area contributed by atoms with Gasteiger partial charge in [0.2, 0.25) is 0 Å². The Morgan fingerprint density at radius 1 is 1.15 bits per heavy atom. The molecule has 4 aliphatic carbocycles. The van der Waals surface area contributed by atoms with E-state index in [0.717, 1.165) is 61.6 Å². The molecule has 6 rings (SSSR count). The van der Waals surface area contributed by atoms with Crippen LogP contribution in [0.1, 0.15) is 63.3 Å². The van der Waals surface area contributed by atoms with E-state index < -0.39 is 6.10 Å². The Bertz CT molecular complexity index is 1170. The van der Waals surface area contributed by atoms with Gasteiger partial charge in [0, 0.05) is 12.3 Å². The number of oxazole rings is 1. The zero-order chi connectivity index (χ0) is 24.0. The molecule has 1 fully saturated rings. The summed E-state index contributed by atoms with van der Waals surface area (Å²) in [5.41, 5.74) is 8.16. The van der Waals surface area contributed by atoms with E-state index in [1.54, 1.807) is 0 Å². The Morgan fingerprint density at radius 3 is 2.74 bits per heavy atom. The van der Waals surface area contributed by atoms with E-state index in [1.165, 1.54) is 22.3 Å². The first-order valence-electron chi connectivity index (χ1n) is 12.8. The first kappa shape index (κ1) is 23.5. The third-order valence-corrected chi connectivity index (χ3v) is 8.46. The number of nitrogens with one attached hydrogen (secondary N) is 1. The third kappa shape index (κ3) is 3.98. The Labute approximate surface area is 202 Å². The fraction of sp³-hybridized carbons (Fsp3) is 0.552. The molecule has 1 heterocycles. The molecule has 0 spiro atoms. The maximum Gasteiger partial charge on any atom is 0.192 e. The Kier molecular flexibility index (Phi) is 6.30. The number of nitrogens with zero attached hydrogens (tertiary/aromatic N) is 1. The van der Waals surface area contributed by atoms with Crippen molar-refractivity contribution in [2.75, 3.05) is 14.1 Å². The van der Waals surface area contributed by atoms with E-state index in [9.17, 15) is 10.2 Å². The minimum Gasteiger partial charge on any atom is -0.441 e. The predicted octanol–water partition coefficient (Wildman–Crippen LogP) is 5.32. The van der Waals surface area contributed by atoms with Crippen LogP contribution in [0.3, 0.4) is 0 Å². The van der Waals surface area contributed by atoms with Crippen LogP contribution in [0.2, 0.25) is 0 Å². The number of hydrogen-bond acceptors (Lipinski definition) is 5. The topological polar surface area (TPSA) is 78.5 Å². The summed E-state index contributed by atoms with van der Waals surface area (Å²) in [4.78, 5) is 4.44. The van der Waals surface area contributed by atoms with Gasteiger partial charge >= 0.3 is 0 Å². The number of hydrogen-bond donors (Lipinski definition) is 3. The van der Waals surface area contributed by atoms with Gasteiger partial charge in [-0.15, -0.1) is 0 Å². The highest BCUT2D eigenvalue weighted by molar-refractivity contribution is 5.82. The van der Waals surface area contributed by atoms with Crippen LogP contribution < -0.4 is 5.32 Å². The molecule has 3 N–H and O–H groups in total. The largest absolute Gasteiger partial charge is 0.441 e. The number of allylic oxidation sites excluding steroid dienone is 3. The lowest BCUT2D eigenvalue weighted by Crippen LogP contribution is -2.37. The van der Waals surface area contributed by atoms with E-state index in [1.807, 2.05) is 21.0 Å². The summed E-state index contributed by atoms with van der Waals surface area (Å²) in [7, 11) is 3.75. The van der Waals surface area contributed by atoms with Crippen LogP contribution in [-0.2, 0) is 0 Å². The molecule has 34 heavy (non-hydrogen) atoms. The van der Waals surface area contributed by atoms with Gasteiger partial charge in [-0.05, 0) is 99.7 Å². The highest BCUT2D eigenvalue weighted by Crippen LogP contribution is 2.59. The minimum absolute atomic E-state index is 0.0749. The van der Waals surface area contributed by atoms with Crippen molar-refractivity contribution in [3.8, 4) is 0 Å². The Balaban J connectivity index is 0.000000764. The summed E-state index contributed by atoms with van der Waals surface area (Å²) in [5.74, 6) is 1.70. The molecular weight excluding hydrogens is 424 g/mol. The Hall–Kier alpha value is -2.21. The van der Waals surface area contributed by atoms with Crippen LogP contribution in [0, 0.1) is 24.2 Å². The molecule has 0 saturated heterocycles. The maximum atomic E-state index is 11.3. The lowest BCUT2D eigenvalue weighted by atomic mass is 9.61. The first-order valence-corrected chi connectivity index (χ1v) is 12.8. The second kappa shape index (κ2) is 9.10. The number of aryl methyl sites for hydroxylation is 1. The SMILES string of the molecule is CNC.Cc1nc2ccc(C3=CCC4C5=C(C=C6CC(O)CCC6CC5)C(O)CC34C)cc2o1. The first-order chi connectivity index (χ1) is 16.3. The minimum atomic E-state index is -0.445. The fourth-order valence-corrected chi connectivity index (χ4v) is 6.94. The second-order valence-corrected chi connectivity index (χ2v) is 10.8. The Morgan fingerprint density at radius 2 is 1.94 bits per heavy atom. The molecule has 0 bridgehead atoms. The van der Waals surface area contributed by atoms with Crippen LogP contribution in [-0.4, -0.2) is 41.5 Å². The average molecular weight is 463 g/mol. The monoisotopic (exact) mass is 462 g/mol. The third-order valence-electron chi connectivity index (χ3n) is 8.46. The zero-order valence-corrected chi connectivity index (χ0v) is 20.9. The summed E-state index contributed by atoms with van der Waals surface area (Å²) in [6.07, 6.45) is 10.8. The van der Waals surface area contributed by atoms with Crippen LogP contribution in [0.5, 0.6) is 0 Å². The lowest BCUT2D eigenvalue weighted by Gasteiger charge is -2.43. The number of aliphatic hydroxyl groups is 2. The molecule has 1 saturated carbocycles. The van der Waals surface area contributed by atoms with Gasteiger partial charge < -0.3 is 19.9 Å². The lowest BCUT2D eigenvalue weighted by molar-refractivity contribution is 0.124. The molecule has 5 nitrogen and oxygen atoms in total. The molecule has 182 valence electrons. The highest BCUT2D eigenvalue weighted by atomic mass is 16.3. The van der Waals surface area contributed by atoms with Crippen molar-refractivity contribution in [3.05, 3.63) is 58.5 Å². The number of benzene rings is 1. The quantitative estimate of drug-likeness (QED) is 0.534. The van der Waals surface area contributed by atoms with Crippen molar-refractivity contribution >= 4 is 16.7 Å². The standard InChI is InChI=1S/C27H31NO3.C2H7N/c1-15-28-24-10-5-17(13-26(24)31-15)22-8-9-23-20-7-4-16-3-6-19(29)11-18(16)12-21(20)25(30)14-27(22,23)2;1-3-2/h5,8,10,12-13,16,19,23,25,29-30H,3-4,6-7,9,11,14H2,1-2H3;3H,1-2H3. The molecule has 2 aromatic rings. The van der Waals surface area contributed by atoms with Crippen LogP contribution in [0.25, 0.3) is 16.7 Å². The van der Waals surface area contributed by atoms with Gasteiger partial charge in [-0.1, -0.05) is 36.3 Å². The van der Waals surface area contributed by atoms with Crippen molar-refractivity contribution in [2.24, 2.45) is 17.3 Å². The fourth-order valence-electron chi connectivity index (χ4n) is 6.94. The summed E-state index contributed by atoms with van der Waals surface area (Å²) < 4.78 is 5.80. The smallest absolute Gasteiger partial charge is 0.192 e. The molecule has 5 heteroatoms. The van der Waals surface area contributed by atoms with Crippen LogP contribution in [0.4, 0.5) is 0 Å². The summed E-state index contributed by atoms with van der Waals surface area (Å²) in [6, 6.07) is 6.33. The van der Waals surface area contributed by atoms with Crippen molar-refractivity contribution in [3.63, 3.8) is 0 Å². The van der Waals surface area contributed by atoms with E-state index >= 15 is 0 Å². The molecule has 1 aromatic carbocycles. The van der Waals surface area contributed by atoms with Gasteiger partial charge in [-0.25, -0.2) is 4.98 Å². The van der Waals surface area contributed by atoms with E-state index in [4.69, 9.17) is 4.42 Å². The molecule has 5 unspecified atom stereocenters. The number of fused-ring (bicyclic) bond motifs is 4. The van der Waals surface area contributed by atoms with Crippen LogP contribution in [0.15, 0.2) is 51.5 Å². The maximum absolute atomic E-state index is 11.3. The summed E-state index contributed by atoms with van der Waals surface area (Å²) >= 11 is 0. The van der Waals surface area contributed by atoms with Crippen LogP contribution >= 0.6 is 0 Å². The van der Waals surface area contributed by atoms with Gasteiger partial charge in [0.1, 0.15) is 5.52 Å². The summed E-state index contributed by atoms with van der Waals surface area (Å²) in [6.45, 7) is 4.22. The zero-order valence-electron chi connectivity index (χ0n) is 20.9. The molecule has 1 aromatic heterocycles. The molecule has 5 atom stereocenters. The molecule has 0 radical (unpaired) electrons. The average Bonchev–Trinajstić information content (AvgIpc) is 3.26. The van der Waals surface area contributed by atoms with Gasteiger partial charge in [0.25, 0.3) is 0 Å². The van der Waals surface area contributed by atoms with Crippen molar-refractivity contribution < 1.29 is 14.6 Å². The molecule has 0 amide bonds. The molecule has 4 aliphatic rings. The molecule has 0 aliphatic heterocycles. The van der Waals surface area contributed by atoms with Crippen molar-refractivity contribution in [1.29, 1.82) is 0 Å². The number of aliphatic hydroxyl groups excluding tert-OH is 2. The van der Waals surface area contributed by atoms with Gasteiger partial charge in [-0.3, -0.25) is 0 Å². The van der Waals surface area contributed by atoms with E-state index in [0.29, 0.717) is 17.7 Å².